The number of aryl methyl sites for hydroxylation is 1. The van der Waals surface area contributed by atoms with Crippen LogP contribution in [-0.2, 0) is 0 Å². The highest BCUT2D eigenvalue weighted by atomic mass is 16.5. The molecule has 118 valence electrons. The lowest BCUT2D eigenvalue weighted by Crippen LogP contribution is -2.38. The number of nitrogens with zero attached hydrogens (tertiary/aromatic N) is 2. The van der Waals surface area contributed by atoms with Crippen molar-refractivity contribution in [2.45, 2.75) is 26.8 Å². The molecule has 0 saturated carbocycles. The molecule has 0 aliphatic carbocycles. The number of nitrogens with one attached hydrogen (secondary N) is 1. The molecule has 1 aromatic carbocycles. The van der Waals surface area contributed by atoms with E-state index in [0.717, 1.165) is 13.1 Å². The van der Waals surface area contributed by atoms with Crippen molar-refractivity contribution in [1.29, 1.82) is 0 Å². The fourth-order valence-electron chi connectivity index (χ4n) is 2.54. The van der Waals surface area contributed by atoms with Crippen LogP contribution in [0, 0.1) is 6.92 Å². The number of carbonyl (C=O) groups is 1. The minimum Gasteiger partial charge on any atom is -0.351 e. The van der Waals surface area contributed by atoms with Crippen molar-refractivity contribution in [3.05, 3.63) is 53.4 Å². The van der Waals surface area contributed by atoms with Crippen LogP contribution in [0.4, 0.5) is 0 Å². The number of likely N-dealkylation sites (N-methyl/N-ethyl adjacent to an activating group) is 1. The van der Waals surface area contributed by atoms with E-state index in [2.05, 4.69) is 41.4 Å². The number of benzene rings is 1. The third kappa shape index (κ3) is 3.95. The van der Waals surface area contributed by atoms with E-state index < -0.39 is 0 Å². The van der Waals surface area contributed by atoms with E-state index in [1.165, 1.54) is 5.56 Å². The fourth-order valence-corrected chi connectivity index (χ4v) is 2.54. The molecule has 0 saturated heterocycles. The van der Waals surface area contributed by atoms with Gasteiger partial charge in [-0.15, -0.1) is 0 Å². The molecule has 22 heavy (non-hydrogen) atoms. The molecule has 0 radical (unpaired) electrons. The first-order valence-corrected chi connectivity index (χ1v) is 7.66. The van der Waals surface area contributed by atoms with Crippen LogP contribution in [-0.4, -0.2) is 35.6 Å². The normalized spacial score (nSPS) is 12.4. The van der Waals surface area contributed by atoms with Gasteiger partial charge >= 0.3 is 0 Å². The molecule has 1 heterocycles. The molecule has 2 aromatic rings. The van der Waals surface area contributed by atoms with Crippen molar-refractivity contribution in [1.82, 2.24) is 15.4 Å². The van der Waals surface area contributed by atoms with Gasteiger partial charge in [0.25, 0.3) is 5.91 Å². The zero-order valence-electron chi connectivity index (χ0n) is 13.4. The standard InChI is InChI=1S/C17H23N3O2/c1-4-20(5-2)15(14-9-7-6-8-10-14)12-18-17(21)16-11-13(3)19-22-16/h6-11,15H,4-5,12H2,1-3H3,(H,18,21). The molecule has 5 heteroatoms. The Bertz CT molecular complexity index is 591. The highest BCUT2D eigenvalue weighted by Gasteiger charge is 2.20. The SMILES string of the molecule is CCN(CC)C(CNC(=O)c1cc(C)no1)c1ccccc1. The van der Waals surface area contributed by atoms with Gasteiger partial charge in [0.05, 0.1) is 11.7 Å². The van der Waals surface area contributed by atoms with E-state index in [-0.39, 0.29) is 17.7 Å². The van der Waals surface area contributed by atoms with Crippen LogP contribution >= 0.6 is 0 Å². The van der Waals surface area contributed by atoms with E-state index in [1.807, 2.05) is 18.2 Å². The Labute approximate surface area is 131 Å². The number of amides is 1. The molecule has 2 rings (SSSR count). The Kier molecular flexibility index (Phi) is 5.72. The third-order valence-corrected chi connectivity index (χ3v) is 3.75. The number of aromatic nitrogens is 1. The maximum absolute atomic E-state index is 12.1. The highest BCUT2D eigenvalue weighted by molar-refractivity contribution is 5.91. The average Bonchev–Trinajstić information content (AvgIpc) is 2.98. The Balaban J connectivity index is 2.08. The predicted molar refractivity (Wildman–Crippen MR) is 85.7 cm³/mol. The smallest absolute Gasteiger partial charge is 0.289 e. The largest absolute Gasteiger partial charge is 0.351 e. The monoisotopic (exact) mass is 301 g/mol. The molecule has 0 bridgehead atoms. The topological polar surface area (TPSA) is 58.4 Å². The summed E-state index contributed by atoms with van der Waals surface area (Å²) in [5.74, 6) is 0.0255. The molecular formula is C17H23N3O2. The second kappa shape index (κ2) is 7.75. The molecule has 1 unspecified atom stereocenters. The zero-order chi connectivity index (χ0) is 15.9. The summed E-state index contributed by atoms with van der Waals surface area (Å²) in [4.78, 5) is 14.5. The van der Waals surface area contributed by atoms with Crippen molar-refractivity contribution < 1.29 is 9.32 Å². The fraction of sp³-hybridized carbons (Fsp3) is 0.412. The molecular weight excluding hydrogens is 278 g/mol. The molecule has 0 fully saturated rings. The van der Waals surface area contributed by atoms with E-state index >= 15 is 0 Å². The second-order valence-electron chi connectivity index (χ2n) is 5.19. The van der Waals surface area contributed by atoms with Gasteiger partial charge in [-0.1, -0.05) is 49.3 Å². The Morgan fingerprint density at radius 3 is 2.50 bits per heavy atom. The van der Waals surface area contributed by atoms with Gasteiger partial charge in [-0.05, 0) is 25.6 Å². The molecule has 0 aliphatic heterocycles. The Morgan fingerprint density at radius 1 is 1.27 bits per heavy atom. The lowest BCUT2D eigenvalue weighted by molar-refractivity contribution is 0.0898. The number of carbonyl (C=O) groups excluding carboxylic acids is 1. The van der Waals surface area contributed by atoms with Crippen molar-refractivity contribution in [3.63, 3.8) is 0 Å². The van der Waals surface area contributed by atoms with E-state index in [0.29, 0.717) is 12.2 Å². The summed E-state index contributed by atoms with van der Waals surface area (Å²) in [6.07, 6.45) is 0. The van der Waals surface area contributed by atoms with Crippen LogP contribution in [0.3, 0.4) is 0 Å². The summed E-state index contributed by atoms with van der Waals surface area (Å²) in [7, 11) is 0. The van der Waals surface area contributed by atoms with Crippen molar-refractivity contribution in [2.75, 3.05) is 19.6 Å². The lowest BCUT2D eigenvalue weighted by Gasteiger charge is -2.30. The van der Waals surface area contributed by atoms with E-state index in [1.54, 1.807) is 13.0 Å². The van der Waals surface area contributed by atoms with E-state index in [4.69, 9.17) is 4.52 Å². The molecule has 1 aromatic heterocycles. The van der Waals surface area contributed by atoms with Crippen molar-refractivity contribution in [2.24, 2.45) is 0 Å². The zero-order valence-corrected chi connectivity index (χ0v) is 13.4. The summed E-state index contributed by atoms with van der Waals surface area (Å²) < 4.78 is 5.00. The van der Waals surface area contributed by atoms with Crippen LogP contribution in [0.1, 0.15) is 41.7 Å². The van der Waals surface area contributed by atoms with Gasteiger partial charge in [-0.25, -0.2) is 0 Å². The summed E-state index contributed by atoms with van der Waals surface area (Å²) in [5, 5.41) is 6.69. The molecule has 1 N–H and O–H groups in total. The first-order chi connectivity index (χ1) is 10.7. The van der Waals surface area contributed by atoms with Gasteiger partial charge in [-0.2, -0.15) is 0 Å². The Morgan fingerprint density at radius 2 is 1.95 bits per heavy atom. The average molecular weight is 301 g/mol. The third-order valence-electron chi connectivity index (χ3n) is 3.75. The summed E-state index contributed by atoms with van der Waals surface area (Å²) in [6, 6.07) is 12.0. The minimum atomic E-state index is -0.228. The first-order valence-electron chi connectivity index (χ1n) is 7.66. The number of rotatable bonds is 7. The van der Waals surface area contributed by atoms with Gasteiger partial charge < -0.3 is 9.84 Å². The quantitative estimate of drug-likeness (QED) is 0.854. The van der Waals surface area contributed by atoms with Crippen LogP contribution in [0.2, 0.25) is 0 Å². The molecule has 1 amide bonds. The lowest BCUT2D eigenvalue weighted by atomic mass is 10.1. The van der Waals surface area contributed by atoms with Gasteiger partial charge in [0.2, 0.25) is 5.76 Å². The Hall–Kier alpha value is -2.14. The van der Waals surface area contributed by atoms with Crippen molar-refractivity contribution in [3.8, 4) is 0 Å². The van der Waals surface area contributed by atoms with Gasteiger partial charge in [0.15, 0.2) is 0 Å². The van der Waals surface area contributed by atoms with Crippen LogP contribution < -0.4 is 5.32 Å². The van der Waals surface area contributed by atoms with Gasteiger partial charge in [0.1, 0.15) is 0 Å². The summed E-state index contributed by atoms with van der Waals surface area (Å²) in [5.41, 5.74) is 1.90. The minimum absolute atomic E-state index is 0.143. The molecule has 0 aliphatic rings. The van der Waals surface area contributed by atoms with Crippen LogP contribution in [0.25, 0.3) is 0 Å². The van der Waals surface area contributed by atoms with Crippen LogP contribution in [0.15, 0.2) is 40.9 Å². The maximum Gasteiger partial charge on any atom is 0.289 e. The second-order valence-corrected chi connectivity index (χ2v) is 5.19. The van der Waals surface area contributed by atoms with Crippen LogP contribution in [0.5, 0.6) is 0 Å². The molecule has 0 spiro atoms. The van der Waals surface area contributed by atoms with Crippen molar-refractivity contribution >= 4 is 5.91 Å². The summed E-state index contributed by atoms with van der Waals surface area (Å²) >= 11 is 0. The van der Waals surface area contributed by atoms with Gasteiger partial charge in [-0.3, -0.25) is 9.69 Å². The number of hydrogen-bond acceptors (Lipinski definition) is 4. The highest BCUT2D eigenvalue weighted by Crippen LogP contribution is 2.19. The molecule has 1 atom stereocenters. The first kappa shape index (κ1) is 16.2. The van der Waals surface area contributed by atoms with E-state index in [9.17, 15) is 4.79 Å². The number of hydrogen-bond donors (Lipinski definition) is 1. The molecule has 5 nitrogen and oxygen atoms in total. The summed E-state index contributed by atoms with van der Waals surface area (Å²) in [6.45, 7) is 8.43. The van der Waals surface area contributed by atoms with Gasteiger partial charge in [0, 0.05) is 12.6 Å². The maximum atomic E-state index is 12.1. The predicted octanol–water partition coefficient (Wildman–Crippen LogP) is 2.80.